The van der Waals surface area contributed by atoms with Crippen LogP contribution < -0.4 is 10.0 Å². The fraction of sp³-hybridized carbons (Fsp3) is 0.375. The maximum absolute atomic E-state index is 11.8. The third-order valence-electron chi connectivity index (χ3n) is 4.60. The lowest BCUT2D eigenvalue weighted by Crippen LogP contribution is -2.06. The molecule has 0 spiro atoms. The molecule has 3 N–H and O–H groups in total. The molecular formula is C16H18N4O3S. The summed E-state index contributed by atoms with van der Waals surface area (Å²) >= 11 is 0. The first-order chi connectivity index (χ1) is 11.7. The zero-order valence-corrected chi connectivity index (χ0v) is 13.8. The topological polar surface area (TPSA) is 96.1 Å². The van der Waals surface area contributed by atoms with Crippen LogP contribution in [0.15, 0.2) is 29.2 Å². The van der Waals surface area contributed by atoms with E-state index in [4.69, 9.17) is 4.74 Å². The summed E-state index contributed by atoms with van der Waals surface area (Å²) in [5.74, 6) is 1.05. The highest BCUT2D eigenvalue weighted by Gasteiger charge is 2.28. The Bertz CT molecular complexity index is 791. The monoisotopic (exact) mass is 346 g/mol. The number of carbonyl (C=O) groups excluding carboxylic acids is 1. The number of benzene rings is 1. The zero-order valence-electron chi connectivity index (χ0n) is 13.0. The van der Waals surface area contributed by atoms with Gasteiger partial charge in [-0.15, -0.1) is 0 Å². The van der Waals surface area contributed by atoms with Crippen LogP contribution in [0.1, 0.15) is 36.4 Å². The standard InChI is InChI=1S/C16H18N4O3S/c21-9-23-13-4-2-10(5-13)14-7-16(20-19-14)18-12-3-1-11-8-17-24(22)15(11)6-12/h1,3,6-7,9-10,13,17H,2,4-5,8H2,(H2,18,19,20). The van der Waals surface area contributed by atoms with E-state index in [9.17, 15) is 9.00 Å². The Morgan fingerprint density at radius 3 is 3.12 bits per heavy atom. The van der Waals surface area contributed by atoms with Gasteiger partial charge in [0.05, 0.1) is 4.90 Å². The first-order valence-electron chi connectivity index (χ1n) is 7.92. The highest BCUT2D eigenvalue weighted by molar-refractivity contribution is 7.83. The van der Waals surface area contributed by atoms with Crippen molar-refractivity contribution in [3.05, 3.63) is 35.5 Å². The van der Waals surface area contributed by atoms with Crippen LogP contribution in [-0.2, 0) is 27.1 Å². The number of rotatable bonds is 5. The van der Waals surface area contributed by atoms with Crippen LogP contribution in [0.2, 0.25) is 0 Å². The second-order valence-corrected chi connectivity index (χ2v) is 7.38. The van der Waals surface area contributed by atoms with Crippen LogP contribution in [0.5, 0.6) is 0 Å². The first-order valence-corrected chi connectivity index (χ1v) is 9.07. The van der Waals surface area contributed by atoms with Crippen LogP contribution in [-0.4, -0.2) is 27.0 Å². The Hall–Kier alpha value is -2.19. The second-order valence-electron chi connectivity index (χ2n) is 6.11. The number of fused-ring (bicyclic) bond motifs is 1. The molecule has 0 amide bonds. The minimum Gasteiger partial charge on any atom is -0.465 e. The van der Waals surface area contributed by atoms with Crippen LogP contribution >= 0.6 is 0 Å². The number of nitrogens with one attached hydrogen (secondary N) is 3. The summed E-state index contributed by atoms with van der Waals surface area (Å²) in [6.07, 6.45) is 2.69. The predicted octanol–water partition coefficient (Wildman–Crippen LogP) is 2.09. The molecule has 2 aliphatic rings. The van der Waals surface area contributed by atoms with Gasteiger partial charge in [-0.25, -0.2) is 8.93 Å². The molecule has 7 nitrogen and oxygen atoms in total. The highest BCUT2D eigenvalue weighted by atomic mass is 32.2. The molecule has 24 heavy (non-hydrogen) atoms. The summed E-state index contributed by atoms with van der Waals surface area (Å²) in [7, 11) is -1.13. The zero-order chi connectivity index (χ0) is 16.5. The molecule has 4 rings (SSSR count). The summed E-state index contributed by atoms with van der Waals surface area (Å²) in [6.45, 7) is 1.17. The average Bonchev–Trinajstić information content (AvgIpc) is 3.29. The van der Waals surface area contributed by atoms with Crippen molar-refractivity contribution in [2.75, 3.05) is 5.32 Å². The lowest BCUT2D eigenvalue weighted by molar-refractivity contribution is -0.133. The Balaban J connectivity index is 1.45. The number of anilines is 2. The molecule has 0 radical (unpaired) electrons. The molecular weight excluding hydrogens is 328 g/mol. The van der Waals surface area contributed by atoms with Crippen molar-refractivity contribution in [1.82, 2.24) is 14.9 Å². The van der Waals surface area contributed by atoms with E-state index in [0.717, 1.165) is 46.9 Å². The Labute approximate surface area is 141 Å². The molecule has 8 heteroatoms. The summed E-state index contributed by atoms with van der Waals surface area (Å²) in [5.41, 5.74) is 2.96. The number of hydrogen-bond donors (Lipinski definition) is 3. The van der Waals surface area contributed by atoms with E-state index in [1.54, 1.807) is 0 Å². The van der Waals surface area contributed by atoms with E-state index in [0.29, 0.717) is 18.9 Å². The normalized spacial score (nSPS) is 25.4. The van der Waals surface area contributed by atoms with Crippen molar-refractivity contribution < 1.29 is 13.7 Å². The van der Waals surface area contributed by atoms with Gasteiger partial charge in [-0.2, -0.15) is 5.10 Å². The molecule has 1 aromatic carbocycles. The molecule has 126 valence electrons. The fourth-order valence-electron chi connectivity index (χ4n) is 3.35. The highest BCUT2D eigenvalue weighted by Crippen LogP contribution is 2.36. The second kappa shape index (κ2) is 6.37. The predicted molar refractivity (Wildman–Crippen MR) is 89.1 cm³/mol. The molecule has 1 saturated carbocycles. The maximum Gasteiger partial charge on any atom is 0.293 e. The van der Waals surface area contributed by atoms with E-state index in [1.165, 1.54) is 0 Å². The Morgan fingerprint density at radius 2 is 2.25 bits per heavy atom. The largest absolute Gasteiger partial charge is 0.465 e. The molecule has 1 aromatic heterocycles. The fourth-order valence-corrected chi connectivity index (χ4v) is 4.41. The molecule has 1 aliphatic heterocycles. The maximum atomic E-state index is 11.8. The van der Waals surface area contributed by atoms with Gasteiger partial charge in [-0.3, -0.25) is 9.89 Å². The van der Waals surface area contributed by atoms with Crippen molar-refractivity contribution in [2.45, 2.75) is 42.7 Å². The van der Waals surface area contributed by atoms with Gasteiger partial charge >= 0.3 is 0 Å². The molecule has 2 aromatic rings. The smallest absolute Gasteiger partial charge is 0.293 e. The van der Waals surface area contributed by atoms with E-state index in [1.807, 2.05) is 24.3 Å². The Kier molecular flexibility index (Phi) is 4.07. The van der Waals surface area contributed by atoms with Gasteiger partial charge in [0.15, 0.2) is 5.82 Å². The van der Waals surface area contributed by atoms with Crippen LogP contribution in [0, 0.1) is 0 Å². The molecule has 0 saturated heterocycles. The molecule has 3 atom stereocenters. The Morgan fingerprint density at radius 1 is 1.33 bits per heavy atom. The number of carbonyl (C=O) groups is 1. The summed E-state index contributed by atoms with van der Waals surface area (Å²) in [4.78, 5) is 11.3. The number of H-pyrrole nitrogens is 1. The molecule has 2 heterocycles. The average molecular weight is 346 g/mol. The minimum atomic E-state index is -1.13. The molecule has 1 aliphatic carbocycles. The van der Waals surface area contributed by atoms with Crippen LogP contribution in [0.3, 0.4) is 0 Å². The van der Waals surface area contributed by atoms with Crippen molar-refractivity contribution in [3.63, 3.8) is 0 Å². The van der Waals surface area contributed by atoms with E-state index >= 15 is 0 Å². The third-order valence-corrected chi connectivity index (χ3v) is 5.79. The third kappa shape index (κ3) is 2.94. The van der Waals surface area contributed by atoms with E-state index in [-0.39, 0.29) is 6.10 Å². The summed E-state index contributed by atoms with van der Waals surface area (Å²) in [6, 6.07) is 7.81. The summed E-state index contributed by atoms with van der Waals surface area (Å²) in [5, 5.41) is 10.6. The van der Waals surface area contributed by atoms with E-state index in [2.05, 4.69) is 20.2 Å². The van der Waals surface area contributed by atoms with Gasteiger partial charge < -0.3 is 10.1 Å². The molecule has 3 unspecified atom stereocenters. The van der Waals surface area contributed by atoms with Crippen molar-refractivity contribution in [1.29, 1.82) is 0 Å². The van der Waals surface area contributed by atoms with Crippen molar-refractivity contribution >= 4 is 29.0 Å². The first kappa shape index (κ1) is 15.3. The van der Waals surface area contributed by atoms with Gasteiger partial charge in [0.2, 0.25) is 0 Å². The number of nitrogens with zero attached hydrogens (tertiary/aromatic N) is 1. The van der Waals surface area contributed by atoms with Gasteiger partial charge in [0.1, 0.15) is 17.1 Å². The number of aromatic amines is 1. The SMILES string of the molecule is O=COC1CCC(c2cc(Nc3ccc4c(c3)S(=O)NC4)n[nH]2)C1. The minimum absolute atomic E-state index is 0.00593. The van der Waals surface area contributed by atoms with Gasteiger partial charge in [-0.1, -0.05) is 6.07 Å². The van der Waals surface area contributed by atoms with Crippen molar-refractivity contribution in [2.24, 2.45) is 0 Å². The van der Waals surface area contributed by atoms with Gasteiger partial charge in [0.25, 0.3) is 6.47 Å². The summed E-state index contributed by atoms with van der Waals surface area (Å²) < 4.78 is 19.8. The number of hydrogen-bond acceptors (Lipinski definition) is 5. The number of ether oxygens (including phenoxy) is 1. The van der Waals surface area contributed by atoms with E-state index < -0.39 is 11.0 Å². The van der Waals surface area contributed by atoms with Gasteiger partial charge in [0, 0.05) is 29.9 Å². The van der Waals surface area contributed by atoms with Crippen LogP contribution in [0.25, 0.3) is 0 Å². The quantitative estimate of drug-likeness (QED) is 0.721. The van der Waals surface area contributed by atoms with Crippen molar-refractivity contribution in [3.8, 4) is 0 Å². The molecule has 1 fully saturated rings. The van der Waals surface area contributed by atoms with Crippen LogP contribution in [0.4, 0.5) is 11.5 Å². The van der Waals surface area contributed by atoms with Gasteiger partial charge in [-0.05, 0) is 37.0 Å². The lowest BCUT2D eigenvalue weighted by atomic mass is 10.0. The lowest BCUT2D eigenvalue weighted by Gasteiger charge is -2.07. The molecule has 0 bridgehead atoms. The number of aromatic nitrogens is 2.